The number of rotatable bonds is 5. The summed E-state index contributed by atoms with van der Waals surface area (Å²) in [5.41, 5.74) is 1.22. The fraction of sp³-hybridized carbons (Fsp3) is 0.217. The van der Waals surface area contributed by atoms with E-state index in [0.717, 1.165) is 18.9 Å². The molecular formula is C23H22N4O3. The topological polar surface area (TPSA) is 84.4 Å². The number of carbonyl (C=O) groups excluding carboxylic acids is 2. The number of nitrogens with one attached hydrogen (secondary N) is 1. The van der Waals surface area contributed by atoms with Crippen molar-refractivity contribution in [2.75, 3.05) is 23.3 Å². The van der Waals surface area contributed by atoms with Crippen LogP contribution in [0.15, 0.2) is 73.2 Å². The molecule has 0 spiro atoms. The highest BCUT2D eigenvalue weighted by Gasteiger charge is 2.27. The van der Waals surface area contributed by atoms with Gasteiger partial charge in [0.15, 0.2) is 0 Å². The first-order valence-corrected chi connectivity index (χ1v) is 9.88. The fourth-order valence-electron chi connectivity index (χ4n) is 3.40. The molecule has 2 aromatic carbocycles. The zero-order valence-corrected chi connectivity index (χ0v) is 16.4. The van der Waals surface area contributed by atoms with Crippen molar-refractivity contribution < 1.29 is 14.3 Å². The van der Waals surface area contributed by atoms with Crippen molar-refractivity contribution in [2.24, 2.45) is 5.92 Å². The van der Waals surface area contributed by atoms with Gasteiger partial charge in [0.25, 0.3) is 5.91 Å². The average molecular weight is 402 g/mol. The Morgan fingerprint density at radius 1 is 0.967 bits per heavy atom. The molecule has 1 amide bonds. The van der Waals surface area contributed by atoms with Crippen LogP contribution in [0, 0.1) is 5.92 Å². The Morgan fingerprint density at radius 2 is 1.70 bits per heavy atom. The van der Waals surface area contributed by atoms with Gasteiger partial charge in [0, 0.05) is 36.7 Å². The summed E-state index contributed by atoms with van der Waals surface area (Å²) in [6, 6.07) is 15.8. The molecule has 7 heteroatoms. The maximum absolute atomic E-state index is 12.5. The molecule has 3 aromatic rings. The van der Waals surface area contributed by atoms with Gasteiger partial charge in [-0.2, -0.15) is 0 Å². The van der Waals surface area contributed by atoms with E-state index < -0.39 is 0 Å². The molecule has 0 bridgehead atoms. The highest BCUT2D eigenvalue weighted by atomic mass is 16.5. The van der Waals surface area contributed by atoms with Crippen LogP contribution in [0.1, 0.15) is 23.2 Å². The summed E-state index contributed by atoms with van der Waals surface area (Å²) >= 11 is 0. The largest absolute Gasteiger partial charge is 0.426 e. The number of benzene rings is 2. The minimum absolute atomic E-state index is 0.143. The van der Waals surface area contributed by atoms with E-state index in [0.29, 0.717) is 29.8 Å². The number of amides is 1. The first-order valence-electron chi connectivity index (χ1n) is 9.88. The Balaban J connectivity index is 1.28. The molecule has 0 aliphatic carbocycles. The summed E-state index contributed by atoms with van der Waals surface area (Å²) in [7, 11) is 0. The standard InChI is InChI=1S/C23H22N4O3/c28-22(17-4-2-1-3-5-17)26-19-6-8-20(9-7-19)30-23(29)18-10-14-27(15-11-18)21-16-24-12-13-25-21/h1-9,12-13,16,18H,10-11,14-15H2,(H,26,28). The molecule has 1 aromatic heterocycles. The second kappa shape index (κ2) is 9.17. The normalized spacial score (nSPS) is 14.2. The van der Waals surface area contributed by atoms with Gasteiger partial charge in [-0.1, -0.05) is 18.2 Å². The van der Waals surface area contributed by atoms with Crippen molar-refractivity contribution in [1.29, 1.82) is 0 Å². The van der Waals surface area contributed by atoms with Gasteiger partial charge in [0.2, 0.25) is 0 Å². The third-order valence-electron chi connectivity index (χ3n) is 5.07. The molecule has 1 aliphatic heterocycles. The lowest BCUT2D eigenvalue weighted by Gasteiger charge is -2.31. The highest BCUT2D eigenvalue weighted by Crippen LogP contribution is 2.24. The average Bonchev–Trinajstić information content (AvgIpc) is 2.81. The van der Waals surface area contributed by atoms with E-state index in [4.69, 9.17) is 4.74 Å². The van der Waals surface area contributed by atoms with Crippen molar-refractivity contribution in [3.8, 4) is 5.75 Å². The van der Waals surface area contributed by atoms with Gasteiger partial charge in [-0.25, -0.2) is 4.98 Å². The van der Waals surface area contributed by atoms with Crippen LogP contribution in [-0.2, 0) is 4.79 Å². The molecule has 1 saturated heterocycles. The number of esters is 1. The molecule has 0 radical (unpaired) electrons. The Kier molecular flexibility index (Phi) is 5.98. The minimum atomic E-state index is -0.227. The maximum Gasteiger partial charge on any atom is 0.314 e. The van der Waals surface area contributed by atoms with Crippen LogP contribution in [0.2, 0.25) is 0 Å². The van der Waals surface area contributed by atoms with E-state index in [2.05, 4.69) is 20.2 Å². The number of piperidine rings is 1. The molecule has 152 valence electrons. The molecule has 1 fully saturated rings. The number of hydrogen-bond acceptors (Lipinski definition) is 6. The smallest absolute Gasteiger partial charge is 0.314 e. The molecule has 1 N–H and O–H groups in total. The molecule has 0 atom stereocenters. The predicted octanol–water partition coefficient (Wildman–Crippen LogP) is 3.55. The lowest BCUT2D eigenvalue weighted by atomic mass is 9.97. The molecule has 2 heterocycles. The zero-order valence-electron chi connectivity index (χ0n) is 16.4. The number of ether oxygens (including phenoxy) is 1. The maximum atomic E-state index is 12.5. The first kappa shape index (κ1) is 19.6. The van der Waals surface area contributed by atoms with Crippen molar-refractivity contribution >= 4 is 23.4 Å². The van der Waals surface area contributed by atoms with Crippen LogP contribution in [0.5, 0.6) is 5.75 Å². The molecule has 30 heavy (non-hydrogen) atoms. The Morgan fingerprint density at radius 3 is 2.37 bits per heavy atom. The summed E-state index contributed by atoms with van der Waals surface area (Å²) in [6.45, 7) is 1.48. The first-order chi connectivity index (χ1) is 14.7. The van der Waals surface area contributed by atoms with Crippen molar-refractivity contribution in [2.45, 2.75) is 12.8 Å². The van der Waals surface area contributed by atoms with E-state index in [1.165, 1.54) is 0 Å². The van der Waals surface area contributed by atoms with Crippen LogP contribution < -0.4 is 15.0 Å². The van der Waals surface area contributed by atoms with E-state index in [1.54, 1.807) is 55.0 Å². The zero-order chi connectivity index (χ0) is 20.8. The number of aromatic nitrogens is 2. The quantitative estimate of drug-likeness (QED) is 0.519. The van der Waals surface area contributed by atoms with Crippen LogP contribution in [0.4, 0.5) is 11.5 Å². The molecule has 1 aliphatic rings. The molecule has 0 unspecified atom stereocenters. The van der Waals surface area contributed by atoms with Gasteiger partial charge < -0.3 is 15.0 Å². The molecular weight excluding hydrogens is 380 g/mol. The van der Waals surface area contributed by atoms with Gasteiger partial charge in [0.05, 0.1) is 12.1 Å². The lowest BCUT2D eigenvalue weighted by molar-refractivity contribution is -0.139. The summed E-state index contributed by atoms with van der Waals surface area (Å²) < 4.78 is 5.54. The second-order valence-corrected chi connectivity index (χ2v) is 7.09. The second-order valence-electron chi connectivity index (χ2n) is 7.09. The third kappa shape index (κ3) is 4.81. The van der Waals surface area contributed by atoms with Crippen LogP contribution in [0.3, 0.4) is 0 Å². The van der Waals surface area contributed by atoms with Crippen molar-refractivity contribution in [3.05, 3.63) is 78.8 Å². The SMILES string of the molecule is O=C(Nc1ccc(OC(=O)C2CCN(c3cnccn3)CC2)cc1)c1ccccc1. The van der Waals surface area contributed by atoms with E-state index >= 15 is 0 Å². The number of nitrogens with zero attached hydrogens (tertiary/aromatic N) is 3. The Hall–Kier alpha value is -3.74. The van der Waals surface area contributed by atoms with Crippen molar-refractivity contribution in [3.63, 3.8) is 0 Å². The predicted molar refractivity (Wildman–Crippen MR) is 113 cm³/mol. The van der Waals surface area contributed by atoms with Gasteiger partial charge in [-0.05, 0) is 49.2 Å². The summed E-state index contributed by atoms with van der Waals surface area (Å²) in [6.07, 6.45) is 6.46. The summed E-state index contributed by atoms with van der Waals surface area (Å²) in [4.78, 5) is 35.2. The van der Waals surface area contributed by atoms with Gasteiger partial charge in [-0.3, -0.25) is 14.6 Å². The van der Waals surface area contributed by atoms with E-state index in [-0.39, 0.29) is 17.8 Å². The summed E-state index contributed by atoms with van der Waals surface area (Å²) in [5.74, 6) is 0.743. The van der Waals surface area contributed by atoms with E-state index in [9.17, 15) is 9.59 Å². The van der Waals surface area contributed by atoms with Gasteiger partial charge in [-0.15, -0.1) is 0 Å². The third-order valence-corrected chi connectivity index (χ3v) is 5.07. The Labute approximate surface area is 174 Å². The molecule has 4 rings (SSSR count). The van der Waals surface area contributed by atoms with Crippen LogP contribution in [-0.4, -0.2) is 34.9 Å². The van der Waals surface area contributed by atoms with Crippen LogP contribution in [0.25, 0.3) is 0 Å². The summed E-state index contributed by atoms with van der Waals surface area (Å²) in [5, 5.41) is 2.83. The monoisotopic (exact) mass is 402 g/mol. The molecule has 7 nitrogen and oxygen atoms in total. The Bertz CT molecular complexity index is 986. The highest BCUT2D eigenvalue weighted by molar-refractivity contribution is 6.04. The number of carbonyl (C=O) groups is 2. The van der Waals surface area contributed by atoms with Gasteiger partial charge in [0.1, 0.15) is 11.6 Å². The number of anilines is 2. The lowest BCUT2D eigenvalue weighted by Crippen LogP contribution is -2.38. The van der Waals surface area contributed by atoms with Crippen LogP contribution >= 0.6 is 0 Å². The fourth-order valence-corrected chi connectivity index (χ4v) is 3.40. The van der Waals surface area contributed by atoms with Gasteiger partial charge >= 0.3 is 5.97 Å². The number of hydrogen-bond donors (Lipinski definition) is 1. The molecule has 0 saturated carbocycles. The minimum Gasteiger partial charge on any atom is -0.426 e. The van der Waals surface area contributed by atoms with E-state index in [1.807, 2.05) is 18.2 Å². The van der Waals surface area contributed by atoms with Crippen molar-refractivity contribution in [1.82, 2.24) is 9.97 Å².